The first-order valence-electron chi connectivity index (χ1n) is 5.63. The molecule has 1 heterocycles. The van der Waals surface area contributed by atoms with E-state index in [1.165, 1.54) is 31.5 Å². The van der Waals surface area contributed by atoms with Crippen LogP contribution < -0.4 is 5.32 Å². The zero-order chi connectivity index (χ0) is 14.8. The van der Waals surface area contributed by atoms with Crippen molar-refractivity contribution < 1.29 is 18.0 Å². The molecular formula is C13H10F3N3O. The van der Waals surface area contributed by atoms with E-state index in [0.717, 1.165) is 12.1 Å². The van der Waals surface area contributed by atoms with Crippen LogP contribution in [-0.4, -0.2) is 15.9 Å². The number of carbonyl (C=O) groups is 1. The molecule has 2 rings (SSSR count). The van der Waals surface area contributed by atoms with Gasteiger partial charge < -0.3 is 5.32 Å². The molecule has 104 valence electrons. The summed E-state index contributed by atoms with van der Waals surface area (Å²) in [6.45, 7) is 1.34. The lowest BCUT2D eigenvalue weighted by atomic mass is 10.1. The third-order valence-electron chi connectivity index (χ3n) is 2.46. The molecular weight excluding hydrogens is 271 g/mol. The fraction of sp³-hybridized carbons (Fsp3) is 0.154. The van der Waals surface area contributed by atoms with Crippen molar-refractivity contribution in [3.05, 3.63) is 42.2 Å². The van der Waals surface area contributed by atoms with Crippen LogP contribution in [0.15, 0.2) is 36.7 Å². The Morgan fingerprint density at radius 2 is 1.75 bits per heavy atom. The van der Waals surface area contributed by atoms with Crippen molar-refractivity contribution in [3.63, 3.8) is 0 Å². The lowest BCUT2D eigenvalue weighted by Crippen LogP contribution is -2.07. The Hall–Kier alpha value is -2.44. The Morgan fingerprint density at radius 1 is 1.10 bits per heavy atom. The first kappa shape index (κ1) is 14.0. The van der Waals surface area contributed by atoms with Crippen LogP contribution in [0.1, 0.15) is 12.5 Å². The molecule has 0 aliphatic carbocycles. The number of nitrogens with zero attached hydrogens (tertiary/aromatic N) is 2. The molecule has 1 N–H and O–H groups in total. The van der Waals surface area contributed by atoms with Crippen LogP contribution in [0.3, 0.4) is 0 Å². The van der Waals surface area contributed by atoms with E-state index in [4.69, 9.17) is 0 Å². The molecule has 0 saturated heterocycles. The minimum atomic E-state index is -4.36. The number of nitrogens with one attached hydrogen (secondary N) is 1. The van der Waals surface area contributed by atoms with Gasteiger partial charge in [0.25, 0.3) is 0 Å². The first-order chi connectivity index (χ1) is 9.36. The second-order valence-electron chi connectivity index (χ2n) is 4.04. The van der Waals surface area contributed by atoms with Gasteiger partial charge in [-0.1, -0.05) is 12.1 Å². The van der Waals surface area contributed by atoms with Gasteiger partial charge in [-0.15, -0.1) is 0 Å². The molecule has 0 bridgehead atoms. The van der Waals surface area contributed by atoms with Gasteiger partial charge in [-0.05, 0) is 12.1 Å². The number of anilines is 1. The molecule has 1 amide bonds. The van der Waals surface area contributed by atoms with Gasteiger partial charge in [-0.3, -0.25) is 9.78 Å². The molecule has 1 aromatic carbocycles. The predicted molar refractivity (Wildman–Crippen MR) is 66.8 cm³/mol. The summed E-state index contributed by atoms with van der Waals surface area (Å²) < 4.78 is 37.3. The molecule has 0 radical (unpaired) electrons. The Kier molecular flexibility index (Phi) is 3.69. The minimum Gasteiger partial charge on any atom is -0.310 e. The average molecular weight is 281 g/mol. The van der Waals surface area contributed by atoms with Crippen LogP contribution in [0.25, 0.3) is 11.3 Å². The van der Waals surface area contributed by atoms with E-state index in [1.807, 2.05) is 0 Å². The maximum atomic E-state index is 12.4. The molecule has 0 saturated carbocycles. The maximum Gasteiger partial charge on any atom is 0.416 e. The molecule has 20 heavy (non-hydrogen) atoms. The molecule has 0 fully saturated rings. The van der Waals surface area contributed by atoms with Crippen LogP contribution in [0.2, 0.25) is 0 Å². The summed E-state index contributed by atoms with van der Waals surface area (Å²) in [4.78, 5) is 18.8. The van der Waals surface area contributed by atoms with Crippen LogP contribution in [-0.2, 0) is 11.0 Å². The summed E-state index contributed by atoms with van der Waals surface area (Å²) in [5.74, 6) is 0.00902. The predicted octanol–water partition coefficient (Wildman–Crippen LogP) is 3.12. The fourth-order valence-corrected chi connectivity index (χ4v) is 1.55. The second-order valence-corrected chi connectivity index (χ2v) is 4.04. The van der Waals surface area contributed by atoms with Crippen LogP contribution >= 0.6 is 0 Å². The Balaban J connectivity index is 2.21. The van der Waals surface area contributed by atoms with Gasteiger partial charge in [0.15, 0.2) is 5.82 Å². The smallest absolute Gasteiger partial charge is 0.310 e. The van der Waals surface area contributed by atoms with Gasteiger partial charge in [0.2, 0.25) is 5.91 Å². The zero-order valence-corrected chi connectivity index (χ0v) is 10.4. The van der Waals surface area contributed by atoms with Crippen LogP contribution in [0, 0.1) is 0 Å². The number of amides is 1. The quantitative estimate of drug-likeness (QED) is 0.920. The Labute approximate surface area is 112 Å². The van der Waals surface area contributed by atoms with E-state index in [9.17, 15) is 18.0 Å². The summed E-state index contributed by atoms with van der Waals surface area (Å²) in [5, 5.41) is 2.45. The highest BCUT2D eigenvalue weighted by Gasteiger charge is 2.29. The number of aromatic nitrogens is 2. The van der Waals surface area contributed by atoms with E-state index in [-0.39, 0.29) is 11.7 Å². The van der Waals surface area contributed by atoms with E-state index < -0.39 is 11.7 Å². The summed E-state index contributed by atoms with van der Waals surface area (Å²) in [6, 6.07) is 4.62. The van der Waals surface area contributed by atoms with Gasteiger partial charge in [0, 0.05) is 12.5 Å². The van der Waals surface area contributed by atoms with Crippen molar-refractivity contribution in [1.82, 2.24) is 9.97 Å². The average Bonchev–Trinajstić information content (AvgIpc) is 2.38. The Bertz CT molecular complexity index is 606. The monoisotopic (exact) mass is 281 g/mol. The van der Waals surface area contributed by atoms with E-state index in [2.05, 4.69) is 15.3 Å². The third kappa shape index (κ3) is 3.31. The maximum absolute atomic E-state index is 12.4. The zero-order valence-electron chi connectivity index (χ0n) is 10.4. The second kappa shape index (κ2) is 5.28. The number of halogens is 3. The number of carbonyl (C=O) groups excluding carboxylic acids is 1. The molecule has 7 heteroatoms. The number of hydrogen-bond donors (Lipinski definition) is 1. The Morgan fingerprint density at radius 3 is 2.20 bits per heavy atom. The molecule has 4 nitrogen and oxygen atoms in total. The number of hydrogen-bond acceptors (Lipinski definition) is 3. The van der Waals surface area contributed by atoms with Gasteiger partial charge in [-0.2, -0.15) is 13.2 Å². The summed E-state index contributed by atoms with van der Waals surface area (Å²) >= 11 is 0. The van der Waals surface area contributed by atoms with Crippen molar-refractivity contribution in [3.8, 4) is 11.3 Å². The minimum absolute atomic E-state index is 0.276. The molecule has 2 aromatic rings. The SMILES string of the molecule is CC(=O)Nc1cnc(-c2ccc(C(F)(F)F)cc2)cn1. The molecule has 0 aliphatic rings. The summed E-state index contributed by atoms with van der Waals surface area (Å²) in [5.41, 5.74) is 0.219. The van der Waals surface area contributed by atoms with Gasteiger partial charge in [-0.25, -0.2) is 4.98 Å². The lowest BCUT2D eigenvalue weighted by molar-refractivity contribution is -0.137. The van der Waals surface area contributed by atoms with E-state index in [1.54, 1.807) is 0 Å². The number of rotatable bonds is 2. The van der Waals surface area contributed by atoms with Crippen LogP contribution in [0.4, 0.5) is 19.0 Å². The van der Waals surface area contributed by atoms with Gasteiger partial charge in [0.05, 0.1) is 23.7 Å². The molecule has 1 aromatic heterocycles. The van der Waals surface area contributed by atoms with Gasteiger partial charge in [0.1, 0.15) is 0 Å². The standard InChI is InChI=1S/C13H10F3N3O/c1-8(20)19-12-7-17-11(6-18-12)9-2-4-10(5-3-9)13(14,15)16/h2-7H,1H3,(H,18,19,20). The van der Waals surface area contributed by atoms with E-state index in [0.29, 0.717) is 11.3 Å². The number of alkyl halides is 3. The molecule has 0 aliphatic heterocycles. The third-order valence-corrected chi connectivity index (χ3v) is 2.46. The first-order valence-corrected chi connectivity index (χ1v) is 5.63. The normalized spacial score (nSPS) is 11.2. The van der Waals surface area contributed by atoms with Crippen molar-refractivity contribution in [2.75, 3.05) is 5.32 Å². The summed E-state index contributed by atoms with van der Waals surface area (Å²) in [7, 11) is 0. The molecule has 0 spiro atoms. The highest BCUT2D eigenvalue weighted by molar-refractivity contribution is 5.87. The van der Waals surface area contributed by atoms with Crippen LogP contribution in [0.5, 0.6) is 0 Å². The molecule has 0 unspecified atom stereocenters. The fourth-order valence-electron chi connectivity index (χ4n) is 1.55. The van der Waals surface area contributed by atoms with E-state index >= 15 is 0 Å². The summed E-state index contributed by atoms with van der Waals surface area (Å²) in [6.07, 6.45) is -1.64. The lowest BCUT2D eigenvalue weighted by Gasteiger charge is -2.07. The van der Waals surface area contributed by atoms with Crippen molar-refractivity contribution in [2.45, 2.75) is 13.1 Å². The molecule has 0 atom stereocenters. The van der Waals surface area contributed by atoms with Crippen molar-refractivity contribution >= 4 is 11.7 Å². The largest absolute Gasteiger partial charge is 0.416 e. The number of benzene rings is 1. The highest BCUT2D eigenvalue weighted by Crippen LogP contribution is 2.30. The topological polar surface area (TPSA) is 54.9 Å². The van der Waals surface area contributed by atoms with Crippen molar-refractivity contribution in [2.24, 2.45) is 0 Å². The highest BCUT2D eigenvalue weighted by atomic mass is 19.4. The van der Waals surface area contributed by atoms with Gasteiger partial charge >= 0.3 is 6.18 Å². The van der Waals surface area contributed by atoms with Crippen molar-refractivity contribution in [1.29, 1.82) is 0 Å².